The lowest BCUT2D eigenvalue weighted by Crippen LogP contribution is -2.64. The minimum Gasteiger partial charge on any atom is -0.469 e. The molecule has 1 aliphatic heterocycles. The maximum Gasteiger partial charge on any atom is 0.339 e. The van der Waals surface area contributed by atoms with Gasteiger partial charge in [-0.1, -0.05) is 34.1 Å². The molecule has 1 saturated heterocycles. The summed E-state index contributed by atoms with van der Waals surface area (Å²) in [4.78, 5) is 48.7. The molecule has 0 bridgehead atoms. The molecule has 4 aliphatic carbocycles. The van der Waals surface area contributed by atoms with Crippen molar-refractivity contribution < 1.29 is 57.8 Å². The lowest BCUT2D eigenvalue weighted by atomic mass is 9.41. The van der Waals surface area contributed by atoms with Crippen LogP contribution in [0.2, 0.25) is 0 Å². The molecule has 0 aromatic rings. The summed E-state index contributed by atoms with van der Waals surface area (Å²) in [6.45, 7) is 11.6. The summed E-state index contributed by atoms with van der Waals surface area (Å²) in [5, 5.41) is 23.6. The molecule has 12 heteroatoms. The molecule has 0 radical (unpaired) electrons. The summed E-state index contributed by atoms with van der Waals surface area (Å²) in [7, 11) is 2.61. The van der Waals surface area contributed by atoms with Crippen LogP contribution in [0.1, 0.15) is 106 Å². The molecule has 16 atom stereocenters. The van der Waals surface area contributed by atoms with E-state index in [9.17, 15) is 29.4 Å². The monoisotopic (exact) mass is 708 g/mol. The molecule has 0 aromatic heterocycles. The zero-order valence-corrected chi connectivity index (χ0v) is 31.1. The van der Waals surface area contributed by atoms with Crippen LogP contribution in [0, 0.1) is 52.3 Å². The largest absolute Gasteiger partial charge is 0.469 e. The Labute approximate surface area is 296 Å². The third-order valence-corrected chi connectivity index (χ3v) is 14.0. The van der Waals surface area contributed by atoms with E-state index in [-0.39, 0.29) is 40.7 Å². The lowest BCUT2D eigenvalue weighted by Gasteiger charge is -2.65. The molecule has 12 nitrogen and oxygen atoms in total. The van der Waals surface area contributed by atoms with Crippen LogP contribution in [0.4, 0.5) is 0 Å². The number of hydrogen-bond donors (Lipinski definition) is 2. The van der Waals surface area contributed by atoms with Crippen LogP contribution in [-0.2, 0) is 47.6 Å². The maximum absolute atomic E-state index is 12.8. The maximum atomic E-state index is 12.8. The number of carbonyl (C=O) groups excluding carboxylic acids is 4. The standard InChI is InChI=1S/C38H60O12/c1-9-23-27-18-22(49-36-31(43)32(47-20(3)39)33(48-21(4)40)34(50-36)35(44)46-8)14-16-38(27,6)26-15-17-37(5)24(19(2)10-13-28(41)45-7)11-12-25(37)29(26)30(23)42/h19,22-27,29-34,36,42-43H,9-18H2,1-8H3/t19-,22-,23-,24-,25?,26?,27+,29?,30-,31-,32-,33+,34+,36-,37-,38-/m1/s1. The predicted molar refractivity (Wildman–Crippen MR) is 179 cm³/mol. The van der Waals surface area contributed by atoms with E-state index in [0.717, 1.165) is 65.9 Å². The summed E-state index contributed by atoms with van der Waals surface area (Å²) in [5.41, 5.74) is 0.105. The average Bonchev–Trinajstić information content (AvgIpc) is 3.43. The van der Waals surface area contributed by atoms with Crippen molar-refractivity contribution in [1.29, 1.82) is 0 Å². The van der Waals surface area contributed by atoms with Crippen LogP contribution in [0.5, 0.6) is 0 Å². The molecule has 284 valence electrons. The van der Waals surface area contributed by atoms with E-state index in [1.165, 1.54) is 7.11 Å². The first-order valence-corrected chi connectivity index (χ1v) is 18.8. The minimum absolute atomic E-state index is 0.0123. The van der Waals surface area contributed by atoms with Gasteiger partial charge in [0.05, 0.1) is 26.4 Å². The number of hydrogen-bond acceptors (Lipinski definition) is 12. The van der Waals surface area contributed by atoms with Gasteiger partial charge in [0.15, 0.2) is 24.6 Å². The van der Waals surface area contributed by atoms with E-state index in [1.807, 2.05) is 0 Å². The Kier molecular flexibility index (Phi) is 12.0. The van der Waals surface area contributed by atoms with Crippen LogP contribution in [-0.4, -0.2) is 91.2 Å². The van der Waals surface area contributed by atoms with Gasteiger partial charge in [0.25, 0.3) is 0 Å². The number of ether oxygens (including phenoxy) is 6. The topological polar surface area (TPSA) is 164 Å². The van der Waals surface area contributed by atoms with E-state index in [0.29, 0.717) is 42.9 Å². The molecule has 2 N–H and O–H groups in total. The molecule has 5 fully saturated rings. The summed E-state index contributed by atoms with van der Waals surface area (Å²) in [6, 6.07) is 0. The zero-order chi connectivity index (χ0) is 36.7. The van der Waals surface area contributed by atoms with E-state index in [1.54, 1.807) is 0 Å². The van der Waals surface area contributed by atoms with Crippen molar-refractivity contribution in [2.75, 3.05) is 14.2 Å². The van der Waals surface area contributed by atoms with Gasteiger partial charge in [-0.3, -0.25) is 14.4 Å². The van der Waals surface area contributed by atoms with Crippen LogP contribution in [0.25, 0.3) is 0 Å². The second-order valence-electron chi connectivity index (χ2n) is 16.4. The van der Waals surface area contributed by atoms with Crippen molar-refractivity contribution >= 4 is 23.9 Å². The molecular weight excluding hydrogens is 648 g/mol. The zero-order valence-electron chi connectivity index (χ0n) is 31.1. The molecular formula is C38H60O12. The number of methoxy groups -OCH3 is 2. The van der Waals surface area contributed by atoms with E-state index in [2.05, 4.69) is 27.7 Å². The van der Waals surface area contributed by atoms with Crippen LogP contribution >= 0.6 is 0 Å². The van der Waals surface area contributed by atoms with Gasteiger partial charge >= 0.3 is 23.9 Å². The average molecular weight is 709 g/mol. The first-order chi connectivity index (χ1) is 23.6. The van der Waals surface area contributed by atoms with E-state index >= 15 is 0 Å². The van der Waals surface area contributed by atoms with Gasteiger partial charge in [0.1, 0.15) is 6.10 Å². The number of carbonyl (C=O) groups is 4. The fraction of sp³-hybridized carbons (Fsp3) is 0.895. The van der Waals surface area contributed by atoms with Gasteiger partial charge in [-0.15, -0.1) is 0 Å². The Morgan fingerprint density at radius 1 is 0.840 bits per heavy atom. The van der Waals surface area contributed by atoms with Crippen molar-refractivity contribution in [2.45, 2.75) is 149 Å². The second kappa shape index (κ2) is 15.4. The minimum atomic E-state index is -1.54. The fourth-order valence-electron chi connectivity index (χ4n) is 11.8. The van der Waals surface area contributed by atoms with Crippen molar-refractivity contribution in [3.05, 3.63) is 0 Å². The van der Waals surface area contributed by atoms with Gasteiger partial charge in [-0.05, 0) is 104 Å². The van der Waals surface area contributed by atoms with Crippen molar-refractivity contribution in [3.63, 3.8) is 0 Å². The summed E-state index contributed by atoms with van der Waals surface area (Å²) < 4.78 is 32.9. The quantitative estimate of drug-likeness (QED) is 0.188. The Balaban J connectivity index is 1.34. The number of rotatable bonds is 10. The fourth-order valence-corrected chi connectivity index (χ4v) is 11.8. The summed E-state index contributed by atoms with van der Waals surface area (Å²) in [5.74, 6) is -0.344. The Morgan fingerprint density at radius 3 is 2.10 bits per heavy atom. The van der Waals surface area contributed by atoms with Gasteiger partial charge < -0.3 is 38.6 Å². The Hall–Kier alpha value is -2.28. The third-order valence-electron chi connectivity index (χ3n) is 14.0. The highest BCUT2D eigenvalue weighted by Crippen LogP contribution is 2.69. The van der Waals surface area contributed by atoms with Crippen LogP contribution in [0.3, 0.4) is 0 Å². The number of fused-ring (bicyclic) bond motifs is 5. The molecule has 0 amide bonds. The molecule has 1 heterocycles. The predicted octanol–water partition coefficient (Wildman–Crippen LogP) is 4.35. The molecule has 3 unspecified atom stereocenters. The summed E-state index contributed by atoms with van der Waals surface area (Å²) >= 11 is 0. The molecule has 4 saturated carbocycles. The first kappa shape index (κ1) is 38.9. The van der Waals surface area contributed by atoms with Gasteiger partial charge in [-0.25, -0.2) is 4.79 Å². The van der Waals surface area contributed by atoms with Crippen molar-refractivity contribution in [3.8, 4) is 0 Å². The number of esters is 4. The smallest absolute Gasteiger partial charge is 0.339 e. The molecule has 5 aliphatic rings. The van der Waals surface area contributed by atoms with Crippen molar-refractivity contribution in [1.82, 2.24) is 0 Å². The first-order valence-electron chi connectivity index (χ1n) is 18.8. The van der Waals surface area contributed by atoms with Crippen molar-refractivity contribution in [2.24, 2.45) is 52.3 Å². The van der Waals surface area contributed by atoms with E-state index < -0.39 is 54.7 Å². The lowest BCUT2D eigenvalue weighted by molar-refractivity contribution is -0.315. The Bertz CT molecular complexity index is 1260. The number of aliphatic hydroxyl groups excluding tert-OH is 2. The SMILES string of the molecule is CC[C@H]1[C@@H](O)C2C3CC[C@H]([C@H](C)CCC(=O)OC)[C@@]3(C)CCC2[C@@]2(C)CC[C@@H](O[C@@H]3O[C@H](C(=O)OC)[C@@H](OC(C)=O)[C@H](OC(C)=O)[C@H]3O)C[C@@H]12. The van der Waals surface area contributed by atoms with Crippen LogP contribution in [0.15, 0.2) is 0 Å². The van der Waals surface area contributed by atoms with Gasteiger partial charge in [-0.2, -0.15) is 0 Å². The highest BCUT2D eigenvalue weighted by atomic mass is 16.7. The molecule has 0 spiro atoms. The normalized spacial score (nSPS) is 44.5. The third kappa shape index (κ3) is 7.07. The highest BCUT2D eigenvalue weighted by molar-refractivity contribution is 5.77. The van der Waals surface area contributed by atoms with Crippen LogP contribution < -0.4 is 0 Å². The highest BCUT2D eigenvalue weighted by Gasteiger charge is 2.65. The molecule has 0 aromatic carbocycles. The van der Waals surface area contributed by atoms with E-state index in [4.69, 9.17) is 28.4 Å². The summed E-state index contributed by atoms with van der Waals surface area (Å²) in [6.07, 6.45) is 0.664. The van der Waals surface area contributed by atoms with Gasteiger partial charge in [0, 0.05) is 20.3 Å². The number of aliphatic hydroxyl groups is 2. The second-order valence-corrected chi connectivity index (χ2v) is 16.4. The molecule has 50 heavy (non-hydrogen) atoms. The van der Waals surface area contributed by atoms with Gasteiger partial charge in [0.2, 0.25) is 0 Å². The molecule has 5 rings (SSSR count). The Morgan fingerprint density at radius 2 is 1.48 bits per heavy atom.